The minimum absolute atomic E-state index is 0.142. The third kappa shape index (κ3) is 2.87. The molecular weight excluding hydrogens is 317 g/mol. The maximum atomic E-state index is 13.3. The number of pyridine rings is 1. The molecule has 0 aliphatic heterocycles. The second-order valence-electron chi connectivity index (χ2n) is 5.57. The zero-order valence-electron chi connectivity index (χ0n) is 13.1. The van der Waals surface area contributed by atoms with E-state index in [-0.39, 0.29) is 11.6 Å². The molecule has 0 radical (unpaired) electrons. The fourth-order valence-electron chi connectivity index (χ4n) is 2.72. The Morgan fingerprint density at radius 3 is 2.28 bits per heavy atom. The fraction of sp³-hybridized carbons (Fsp3) is 0. The van der Waals surface area contributed by atoms with Gasteiger partial charge in [0.25, 0.3) is 0 Å². The molecule has 0 spiro atoms. The van der Waals surface area contributed by atoms with Gasteiger partial charge in [0.1, 0.15) is 17.4 Å². The Morgan fingerprint density at radius 1 is 0.840 bits per heavy atom. The van der Waals surface area contributed by atoms with E-state index in [1.54, 1.807) is 42.7 Å². The number of aromatic amines is 1. The van der Waals surface area contributed by atoms with E-state index in [9.17, 15) is 9.50 Å². The van der Waals surface area contributed by atoms with Crippen molar-refractivity contribution < 1.29 is 9.50 Å². The number of hydrogen-bond acceptors (Lipinski definition) is 3. The number of H-pyrrole nitrogens is 1. The van der Waals surface area contributed by atoms with Gasteiger partial charge >= 0.3 is 0 Å². The highest BCUT2D eigenvalue weighted by Gasteiger charge is 2.16. The van der Waals surface area contributed by atoms with E-state index in [4.69, 9.17) is 0 Å². The van der Waals surface area contributed by atoms with Crippen LogP contribution >= 0.6 is 0 Å². The van der Waals surface area contributed by atoms with Crippen LogP contribution < -0.4 is 0 Å². The normalized spacial score (nSPS) is 10.8. The summed E-state index contributed by atoms with van der Waals surface area (Å²) in [4.78, 5) is 12.0. The summed E-state index contributed by atoms with van der Waals surface area (Å²) in [6.45, 7) is 0. The van der Waals surface area contributed by atoms with Crippen LogP contribution in [0.5, 0.6) is 5.75 Å². The van der Waals surface area contributed by atoms with Gasteiger partial charge in [0.15, 0.2) is 0 Å². The summed E-state index contributed by atoms with van der Waals surface area (Å²) in [6.07, 6.45) is 3.40. The number of halogens is 1. The molecule has 2 aromatic heterocycles. The van der Waals surface area contributed by atoms with Gasteiger partial charge in [0, 0.05) is 23.5 Å². The van der Waals surface area contributed by atoms with Crippen LogP contribution in [0.3, 0.4) is 0 Å². The van der Waals surface area contributed by atoms with Gasteiger partial charge in [-0.3, -0.25) is 4.98 Å². The van der Waals surface area contributed by atoms with Crippen molar-refractivity contribution in [3.8, 4) is 39.7 Å². The van der Waals surface area contributed by atoms with Crippen LogP contribution in [0.2, 0.25) is 0 Å². The molecule has 0 amide bonds. The quantitative estimate of drug-likeness (QED) is 0.574. The molecule has 5 heteroatoms. The second kappa shape index (κ2) is 6.20. The Balaban J connectivity index is 1.92. The Bertz CT molecular complexity index is 1010. The molecule has 2 aromatic carbocycles. The lowest BCUT2D eigenvalue weighted by Gasteiger charge is -2.02. The van der Waals surface area contributed by atoms with Crippen molar-refractivity contribution in [1.29, 1.82) is 0 Å². The van der Waals surface area contributed by atoms with E-state index >= 15 is 0 Å². The van der Waals surface area contributed by atoms with E-state index in [2.05, 4.69) is 15.0 Å². The molecule has 0 aliphatic rings. The third-order valence-electron chi connectivity index (χ3n) is 3.95. The number of phenolic OH excluding ortho intramolecular Hbond substituents is 1. The van der Waals surface area contributed by atoms with Crippen LogP contribution in [-0.4, -0.2) is 20.1 Å². The summed E-state index contributed by atoms with van der Waals surface area (Å²) < 4.78 is 13.3. The Morgan fingerprint density at radius 2 is 1.56 bits per heavy atom. The Hall–Kier alpha value is -3.47. The summed E-state index contributed by atoms with van der Waals surface area (Å²) in [5.41, 5.74) is 3.76. The average Bonchev–Trinajstić information content (AvgIpc) is 3.08. The number of aromatic nitrogens is 3. The first-order valence-corrected chi connectivity index (χ1v) is 7.77. The molecule has 4 aromatic rings. The first-order chi connectivity index (χ1) is 12.2. The minimum atomic E-state index is -0.300. The standard InChI is InChI=1S/C20H14FN3O/c21-15-7-5-13(6-8-15)18-19(14-9-11-22-12-10-14)24-20(23-18)16-3-1-2-4-17(16)25/h1-12,25H,(H,23,24). The molecular formula is C20H14FN3O. The number of hydrogen-bond donors (Lipinski definition) is 2. The van der Waals surface area contributed by atoms with Gasteiger partial charge in [-0.1, -0.05) is 12.1 Å². The van der Waals surface area contributed by atoms with E-state index in [1.807, 2.05) is 18.2 Å². The number of nitrogens with one attached hydrogen (secondary N) is 1. The van der Waals surface area contributed by atoms with Gasteiger partial charge in [0.2, 0.25) is 0 Å². The summed E-state index contributed by atoms with van der Waals surface area (Å²) in [5, 5.41) is 10.1. The molecule has 0 saturated carbocycles. The number of nitrogens with zero attached hydrogens (tertiary/aromatic N) is 2. The van der Waals surface area contributed by atoms with Crippen LogP contribution in [0, 0.1) is 5.82 Å². The molecule has 2 heterocycles. The van der Waals surface area contributed by atoms with Crippen molar-refractivity contribution in [2.45, 2.75) is 0 Å². The second-order valence-corrected chi connectivity index (χ2v) is 5.57. The number of aromatic hydroxyl groups is 1. The van der Waals surface area contributed by atoms with Gasteiger partial charge in [0.05, 0.1) is 17.0 Å². The predicted molar refractivity (Wildman–Crippen MR) is 94.3 cm³/mol. The van der Waals surface area contributed by atoms with Gasteiger partial charge in [-0.25, -0.2) is 9.37 Å². The highest BCUT2D eigenvalue weighted by molar-refractivity contribution is 5.81. The molecule has 122 valence electrons. The molecule has 0 saturated heterocycles. The molecule has 0 unspecified atom stereocenters. The summed E-state index contributed by atoms with van der Waals surface area (Å²) in [5.74, 6) is 0.387. The van der Waals surface area contributed by atoms with E-state index < -0.39 is 0 Å². The molecule has 2 N–H and O–H groups in total. The predicted octanol–water partition coefficient (Wildman–Crippen LogP) is 4.65. The molecule has 0 atom stereocenters. The molecule has 4 rings (SSSR count). The smallest absolute Gasteiger partial charge is 0.142 e. The zero-order valence-corrected chi connectivity index (χ0v) is 13.1. The zero-order chi connectivity index (χ0) is 17.2. The molecule has 0 bridgehead atoms. The van der Waals surface area contributed by atoms with Crippen molar-refractivity contribution in [2.24, 2.45) is 0 Å². The molecule has 25 heavy (non-hydrogen) atoms. The van der Waals surface area contributed by atoms with E-state index in [0.717, 1.165) is 16.8 Å². The fourth-order valence-corrected chi connectivity index (χ4v) is 2.72. The lowest BCUT2D eigenvalue weighted by Crippen LogP contribution is -1.84. The van der Waals surface area contributed by atoms with Crippen LogP contribution in [0.1, 0.15) is 0 Å². The largest absolute Gasteiger partial charge is 0.507 e. The van der Waals surface area contributed by atoms with E-state index in [1.165, 1.54) is 12.1 Å². The molecule has 4 nitrogen and oxygen atoms in total. The van der Waals surface area contributed by atoms with Gasteiger partial charge < -0.3 is 10.1 Å². The molecule has 0 aliphatic carbocycles. The number of benzene rings is 2. The Kier molecular flexibility index (Phi) is 3.74. The minimum Gasteiger partial charge on any atom is -0.507 e. The number of imidazole rings is 1. The van der Waals surface area contributed by atoms with Crippen molar-refractivity contribution in [3.05, 3.63) is 78.9 Å². The lowest BCUT2D eigenvalue weighted by molar-refractivity contribution is 0.477. The average molecular weight is 331 g/mol. The first kappa shape index (κ1) is 15.1. The number of phenols is 1. The monoisotopic (exact) mass is 331 g/mol. The van der Waals surface area contributed by atoms with Crippen molar-refractivity contribution in [2.75, 3.05) is 0 Å². The van der Waals surface area contributed by atoms with Crippen molar-refractivity contribution in [1.82, 2.24) is 15.0 Å². The summed E-state index contributed by atoms with van der Waals surface area (Å²) in [7, 11) is 0. The van der Waals surface area contributed by atoms with Crippen LogP contribution in [-0.2, 0) is 0 Å². The highest BCUT2D eigenvalue weighted by Crippen LogP contribution is 2.35. The van der Waals surface area contributed by atoms with Crippen LogP contribution in [0.15, 0.2) is 73.1 Å². The van der Waals surface area contributed by atoms with Crippen LogP contribution in [0.25, 0.3) is 33.9 Å². The van der Waals surface area contributed by atoms with Gasteiger partial charge in [-0.15, -0.1) is 0 Å². The summed E-state index contributed by atoms with van der Waals surface area (Å²) >= 11 is 0. The number of rotatable bonds is 3. The lowest BCUT2D eigenvalue weighted by atomic mass is 10.1. The van der Waals surface area contributed by atoms with Gasteiger partial charge in [-0.05, 0) is 48.5 Å². The van der Waals surface area contributed by atoms with Crippen LogP contribution in [0.4, 0.5) is 4.39 Å². The van der Waals surface area contributed by atoms with Crippen molar-refractivity contribution >= 4 is 0 Å². The highest BCUT2D eigenvalue weighted by atomic mass is 19.1. The van der Waals surface area contributed by atoms with E-state index in [0.29, 0.717) is 17.1 Å². The maximum absolute atomic E-state index is 13.3. The first-order valence-electron chi connectivity index (χ1n) is 7.77. The summed E-state index contributed by atoms with van der Waals surface area (Å²) in [6, 6.07) is 16.9. The number of para-hydroxylation sites is 1. The topological polar surface area (TPSA) is 61.8 Å². The van der Waals surface area contributed by atoms with Crippen molar-refractivity contribution in [3.63, 3.8) is 0 Å². The third-order valence-corrected chi connectivity index (χ3v) is 3.95. The SMILES string of the molecule is Oc1ccccc1-c1nc(-c2ccc(F)cc2)c(-c2ccncc2)[nH]1. The Labute approximate surface area is 143 Å². The van der Waals surface area contributed by atoms with Gasteiger partial charge in [-0.2, -0.15) is 0 Å². The molecule has 0 fully saturated rings. The maximum Gasteiger partial charge on any atom is 0.142 e.